The van der Waals surface area contributed by atoms with Crippen molar-refractivity contribution in [3.8, 4) is 11.5 Å². The van der Waals surface area contributed by atoms with Crippen molar-refractivity contribution in [3.63, 3.8) is 0 Å². The predicted octanol–water partition coefficient (Wildman–Crippen LogP) is 2.01. The number of carbonyl (C=O) groups is 1. The Bertz CT molecular complexity index is 916. The molecule has 0 radical (unpaired) electrons. The van der Waals surface area contributed by atoms with Gasteiger partial charge in [-0.15, -0.1) is 0 Å². The third-order valence-corrected chi connectivity index (χ3v) is 6.16. The number of nitrogens with one attached hydrogen (secondary N) is 1. The molecule has 1 aromatic heterocycles. The average Bonchev–Trinajstić information content (AvgIpc) is 3.38. The van der Waals surface area contributed by atoms with Crippen LogP contribution >= 0.6 is 0 Å². The van der Waals surface area contributed by atoms with Crippen LogP contribution < -0.4 is 14.8 Å². The van der Waals surface area contributed by atoms with Gasteiger partial charge in [0.25, 0.3) is 15.9 Å². The highest BCUT2D eigenvalue weighted by Crippen LogP contribution is 2.25. The van der Waals surface area contributed by atoms with E-state index in [0.29, 0.717) is 24.6 Å². The third-order valence-electron chi connectivity index (χ3n) is 4.39. The molecule has 1 aromatic carbocycles. The van der Waals surface area contributed by atoms with Gasteiger partial charge in [-0.2, -0.15) is 4.31 Å². The Hall–Kier alpha value is -2.52. The lowest BCUT2D eigenvalue weighted by Crippen LogP contribution is -2.27. The van der Waals surface area contributed by atoms with Crippen molar-refractivity contribution >= 4 is 15.9 Å². The maximum Gasteiger partial charge on any atom is 0.287 e. The number of nitrogens with zero attached hydrogens (tertiary/aromatic N) is 1. The standard InChI is InChI=1S/C18H22N2O6S/c1-24-14-5-6-15(25-2)13(11-14)12-19-18(21)16-7-8-17(26-16)27(22,23)20-9-3-4-10-20/h5-8,11H,3-4,9-10,12H2,1-2H3,(H,19,21). The van der Waals surface area contributed by atoms with Crippen LogP contribution in [0.5, 0.6) is 11.5 Å². The normalized spacial score (nSPS) is 14.9. The summed E-state index contributed by atoms with van der Waals surface area (Å²) in [5.41, 5.74) is 0.724. The predicted molar refractivity (Wildman–Crippen MR) is 97.4 cm³/mol. The minimum atomic E-state index is -3.69. The number of sulfonamides is 1. The van der Waals surface area contributed by atoms with Crippen molar-refractivity contribution in [1.82, 2.24) is 9.62 Å². The molecule has 146 valence electrons. The molecule has 0 spiro atoms. The van der Waals surface area contributed by atoms with E-state index in [9.17, 15) is 13.2 Å². The SMILES string of the molecule is COc1ccc(OC)c(CNC(=O)c2ccc(S(=O)(=O)N3CCCC3)o2)c1. The molecule has 2 heterocycles. The van der Waals surface area contributed by atoms with Crippen LogP contribution in [0.15, 0.2) is 39.8 Å². The van der Waals surface area contributed by atoms with Gasteiger partial charge in [0.15, 0.2) is 5.76 Å². The van der Waals surface area contributed by atoms with E-state index in [1.807, 2.05) is 0 Å². The number of furan rings is 1. The van der Waals surface area contributed by atoms with Crippen LogP contribution in [0, 0.1) is 0 Å². The van der Waals surface area contributed by atoms with Gasteiger partial charge in [-0.25, -0.2) is 8.42 Å². The Kier molecular flexibility index (Phi) is 5.71. The van der Waals surface area contributed by atoms with Gasteiger partial charge in [-0.1, -0.05) is 0 Å². The van der Waals surface area contributed by atoms with E-state index in [2.05, 4.69) is 5.32 Å². The number of hydrogen-bond donors (Lipinski definition) is 1. The minimum Gasteiger partial charge on any atom is -0.497 e. The van der Waals surface area contributed by atoms with Gasteiger partial charge in [0.2, 0.25) is 5.09 Å². The highest BCUT2D eigenvalue weighted by Gasteiger charge is 2.30. The van der Waals surface area contributed by atoms with Gasteiger partial charge in [0, 0.05) is 25.2 Å². The maximum atomic E-state index is 12.5. The third kappa shape index (κ3) is 4.09. The molecule has 0 saturated carbocycles. The highest BCUT2D eigenvalue weighted by atomic mass is 32.2. The van der Waals surface area contributed by atoms with E-state index >= 15 is 0 Å². The summed E-state index contributed by atoms with van der Waals surface area (Å²) in [6.45, 7) is 1.12. The molecule has 0 bridgehead atoms. The molecule has 2 aromatic rings. The summed E-state index contributed by atoms with van der Waals surface area (Å²) < 4.78 is 42.1. The van der Waals surface area contributed by atoms with Crippen LogP contribution in [-0.4, -0.2) is 45.9 Å². The van der Waals surface area contributed by atoms with Gasteiger partial charge >= 0.3 is 0 Å². The first-order chi connectivity index (χ1) is 13.0. The average molecular weight is 394 g/mol. The number of rotatable bonds is 7. The Morgan fingerprint density at radius 2 is 1.89 bits per heavy atom. The molecule has 1 amide bonds. The number of amides is 1. The van der Waals surface area contributed by atoms with Gasteiger partial charge in [0.05, 0.1) is 14.2 Å². The monoisotopic (exact) mass is 394 g/mol. The van der Waals surface area contributed by atoms with Crippen molar-refractivity contribution < 1.29 is 27.1 Å². The largest absolute Gasteiger partial charge is 0.497 e. The fraction of sp³-hybridized carbons (Fsp3) is 0.389. The van der Waals surface area contributed by atoms with Gasteiger partial charge in [-0.05, 0) is 43.2 Å². The van der Waals surface area contributed by atoms with E-state index in [0.717, 1.165) is 18.4 Å². The van der Waals surface area contributed by atoms with Crippen LogP contribution in [0.1, 0.15) is 29.0 Å². The van der Waals surface area contributed by atoms with Gasteiger partial charge in [-0.3, -0.25) is 4.79 Å². The summed E-state index contributed by atoms with van der Waals surface area (Å²) in [5, 5.41) is 2.48. The van der Waals surface area contributed by atoms with Crippen molar-refractivity contribution in [2.75, 3.05) is 27.3 Å². The summed E-state index contributed by atoms with van der Waals surface area (Å²) in [6, 6.07) is 7.93. The Balaban J connectivity index is 1.70. The Labute approximate surface area is 158 Å². The summed E-state index contributed by atoms with van der Waals surface area (Å²) in [6.07, 6.45) is 1.66. The Morgan fingerprint density at radius 3 is 2.56 bits per heavy atom. The summed E-state index contributed by atoms with van der Waals surface area (Å²) >= 11 is 0. The highest BCUT2D eigenvalue weighted by molar-refractivity contribution is 7.89. The van der Waals surface area contributed by atoms with E-state index in [-0.39, 0.29) is 17.4 Å². The van der Waals surface area contributed by atoms with E-state index < -0.39 is 15.9 Å². The molecule has 3 rings (SSSR count). The molecule has 1 fully saturated rings. The molecule has 1 saturated heterocycles. The number of benzene rings is 1. The van der Waals surface area contributed by atoms with Crippen molar-refractivity contribution in [1.29, 1.82) is 0 Å². The molecule has 0 unspecified atom stereocenters. The molecule has 9 heteroatoms. The number of carbonyl (C=O) groups excluding carboxylic acids is 1. The molecular weight excluding hydrogens is 372 g/mol. The zero-order valence-electron chi connectivity index (χ0n) is 15.2. The molecular formula is C18H22N2O6S. The molecule has 1 N–H and O–H groups in total. The maximum absolute atomic E-state index is 12.5. The van der Waals surface area contributed by atoms with E-state index in [4.69, 9.17) is 13.9 Å². The van der Waals surface area contributed by atoms with Crippen LogP contribution in [0.2, 0.25) is 0 Å². The van der Waals surface area contributed by atoms with Crippen molar-refractivity contribution in [2.24, 2.45) is 0 Å². The molecule has 1 aliphatic rings. The first-order valence-corrected chi connectivity index (χ1v) is 9.99. The second-order valence-corrected chi connectivity index (χ2v) is 7.96. The topological polar surface area (TPSA) is 98.1 Å². The summed E-state index contributed by atoms with van der Waals surface area (Å²) in [5.74, 6) is 0.669. The number of hydrogen-bond acceptors (Lipinski definition) is 6. The second kappa shape index (κ2) is 8.01. The van der Waals surface area contributed by atoms with E-state index in [1.165, 1.54) is 23.5 Å². The first-order valence-electron chi connectivity index (χ1n) is 8.55. The zero-order chi connectivity index (χ0) is 19.4. The van der Waals surface area contributed by atoms with Crippen LogP contribution in [0.4, 0.5) is 0 Å². The molecule has 0 atom stereocenters. The second-order valence-electron chi connectivity index (χ2n) is 6.09. The number of methoxy groups -OCH3 is 2. The van der Waals surface area contributed by atoms with Crippen LogP contribution in [0.3, 0.4) is 0 Å². The molecule has 0 aliphatic carbocycles. The first kappa shape index (κ1) is 19.2. The van der Waals surface area contributed by atoms with Gasteiger partial charge in [0.1, 0.15) is 11.5 Å². The zero-order valence-corrected chi connectivity index (χ0v) is 16.0. The van der Waals surface area contributed by atoms with Crippen LogP contribution in [0.25, 0.3) is 0 Å². The van der Waals surface area contributed by atoms with Crippen LogP contribution in [-0.2, 0) is 16.6 Å². The van der Waals surface area contributed by atoms with E-state index in [1.54, 1.807) is 25.3 Å². The molecule has 1 aliphatic heterocycles. The minimum absolute atomic E-state index is 0.0605. The number of ether oxygens (including phenoxy) is 2. The fourth-order valence-corrected chi connectivity index (χ4v) is 4.35. The van der Waals surface area contributed by atoms with Gasteiger partial charge < -0.3 is 19.2 Å². The quantitative estimate of drug-likeness (QED) is 0.771. The smallest absolute Gasteiger partial charge is 0.287 e. The molecule has 8 nitrogen and oxygen atoms in total. The Morgan fingerprint density at radius 1 is 1.15 bits per heavy atom. The lowest BCUT2D eigenvalue weighted by molar-refractivity contribution is 0.0917. The lowest BCUT2D eigenvalue weighted by Gasteiger charge is -2.13. The molecule has 27 heavy (non-hydrogen) atoms. The summed E-state index contributed by atoms with van der Waals surface area (Å²) in [4.78, 5) is 12.3. The van der Waals surface area contributed by atoms with Crippen molar-refractivity contribution in [3.05, 3.63) is 41.7 Å². The van der Waals surface area contributed by atoms with Crippen molar-refractivity contribution in [2.45, 2.75) is 24.5 Å². The fourth-order valence-electron chi connectivity index (χ4n) is 2.92. The lowest BCUT2D eigenvalue weighted by atomic mass is 10.2. The summed E-state index contributed by atoms with van der Waals surface area (Å²) in [7, 11) is -0.600.